The van der Waals surface area contributed by atoms with E-state index in [1.54, 1.807) is 42.5 Å². The second-order valence-electron chi connectivity index (χ2n) is 17.1. The quantitative estimate of drug-likeness (QED) is 0.0698. The predicted molar refractivity (Wildman–Crippen MR) is 235 cm³/mol. The molecule has 63 heavy (non-hydrogen) atoms. The van der Waals surface area contributed by atoms with Crippen LogP contribution in [0.25, 0.3) is 0 Å². The number of amides is 7. The number of rotatable bonds is 21. The number of nitrogens with two attached hydrogens (primary N) is 1. The first-order chi connectivity index (χ1) is 29.8. The highest BCUT2D eigenvalue weighted by Gasteiger charge is 2.38. The first kappa shape index (κ1) is 49.5. The van der Waals surface area contributed by atoms with Crippen molar-refractivity contribution in [3.8, 4) is 0 Å². The van der Waals surface area contributed by atoms with Gasteiger partial charge in [-0.2, -0.15) is 0 Å². The minimum atomic E-state index is -1.07. The summed E-state index contributed by atoms with van der Waals surface area (Å²) in [4.78, 5) is 119. The van der Waals surface area contributed by atoms with E-state index in [1.165, 1.54) is 25.7 Å². The summed E-state index contributed by atoms with van der Waals surface area (Å²) in [6, 6.07) is 6.20. The summed E-state index contributed by atoms with van der Waals surface area (Å²) in [5, 5.41) is 19.0. The van der Waals surface area contributed by atoms with E-state index in [4.69, 9.17) is 5.73 Å². The van der Waals surface area contributed by atoms with Crippen molar-refractivity contribution < 1.29 is 43.2 Å². The van der Waals surface area contributed by atoms with Gasteiger partial charge in [0.15, 0.2) is 11.6 Å². The Morgan fingerprint density at radius 1 is 0.667 bits per heavy atom. The number of carbonyl (C=O) groups excluding carboxylic acids is 9. The molecule has 18 nitrogen and oxygen atoms in total. The van der Waals surface area contributed by atoms with Crippen LogP contribution in [0.2, 0.25) is 0 Å². The average molecular weight is 874 g/mol. The van der Waals surface area contributed by atoms with Gasteiger partial charge in [-0.25, -0.2) is 0 Å². The van der Waals surface area contributed by atoms with E-state index in [0.717, 1.165) is 0 Å². The van der Waals surface area contributed by atoms with Crippen LogP contribution in [0.4, 0.5) is 5.69 Å². The largest absolute Gasteiger partial charge is 0.384 e. The molecule has 2 aromatic rings. The molecule has 9 N–H and O–H groups in total. The van der Waals surface area contributed by atoms with E-state index in [1.807, 2.05) is 27.7 Å². The number of benzene rings is 2. The first-order valence-electron chi connectivity index (χ1n) is 21.7. The average Bonchev–Trinajstić information content (AvgIpc) is 3.73. The van der Waals surface area contributed by atoms with Crippen molar-refractivity contribution in [2.24, 2.45) is 17.6 Å². The Hall–Kier alpha value is -6.17. The van der Waals surface area contributed by atoms with Crippen LogP contribution in [0, 0.1) is 11.8 Å². The van der Waals surface area contributed by atoms with Crippen LogP contribution in [-0.4, -0.2) is 120 Å². The number of likely N-dealkylation sites (tertiary alicyclic amines) is 1. The Kier molecular flexibility index (Phi) is 17.9. The van der Waals surface area contributed by atoms with Crippen molar-refractivity contribution in [2.75, 3.05) is 31.5 Å². The first-order valence-corrected chi connectivity index (χ1v) is 21.7. The van der Waals surface area contributed by atoms with Crippen LogP contribution < -0.4 is 43.0 Å². The summed E-state index contributed by atoms with van der Waals surface area (Å²) in [6.45, 7) is 12.3. The van der Waals surface area contributed by atoms with Crippen molar-refractivity contribution in [1.29, 1.82) is 0 Å². The van der Waals surface area contributed by atoms with Gasteiger partial charge in [0, 0.05) is 42.0 Å². The molecule has 1 aliphatic heterocycles. The standard InChI is InChI=1S/C45H63N9O9/c1-24(2)21-33(53-42(60)28(7)51-41(59)27(6)50-40(58)26(5)46)43(61)49-23-36(55)52-34(22-25(3)4)45(63)54-20-11-17-35(54)44(62)48-19-12-18-47-32-16-10-15-31-37(32)39(57)30-14-9-8-13-29(30)38(31)56/h8-10,13-16,24-28,33-35,47H,11-12,17-23,46H2,1-7H3,(H,48,62)(H,49,61)(H,50,58)(H,51,59)(H,52,55)(H,53,60)/t26-,27+,28+,33+,34+,35-/m1/s1. The molecule has 0 unspecified atom stereocenters. The van der Waals surface area contributed by atoms with Crippen molar-refractivity contribution in [3.63, 3.8) is 0 Å². The number of fused-ring (bicyclic) bond motifs is 2. The van der Waals surface area contributed by atoms with Crippen LogP contribution in [0.15, 0.2) is 42.5 Å². The molecule has 0 aromatic heterocycles. The molecule has 1 aliphatic carbocycles. The molecule has 2 aliphatic rings. The maximum absolute atomic E-state index is 13.9. The summed E-state index contributed by atoms with van der Waals surface area (Å²) in [6.07, 6.45) is 2.02. The van der Waals surface area contributed by atoms with Gasteiger partial charge in [0.25, 0.3) is 0 Å². The zero-order valence-electron chi connectivity index (χ0n) is 37.2. The molecule has 0 saturated carbocycles. The Balaban J connectivity index is 1.27. The molecule has 0 bridgehead atoms. The highest BCUT2D eigenvalue weighted by atomic mass is 16.2. The summed E-state index contributed by atoms with van der Waals surface area (Å²) in [7, 11) is 0. The van der Waals surface area contributed by atoms with Gasteiger partial charge in [-0.15, -0.1) is 0 Å². The molecule has 342 valence electrons. The van der Waals surface area contributed by atoms with E-state index < -0.39 is 78.2 Å². The third-order valence-electron chi connectivity index (χ3n) is 10.8. The fourth-order valence-corrected chi connectivity index (χ4v) is 7.48. The molecule has 1 saturated heterocycles. The lowest BCUT2D eigenvalue weighted by atomic mass is 9.83. The smallest absolute Gasteiger partial charge is 0.245 e. The maximum Gasteiger partial charge on any atom is 0.245 e. The van der Waals surface area contributed by atoms with Crippen LogP contribution in [0.1, 0.15) is 112 Å². The molecule has 4 rings (SSSR count). The summed E-state index contributed by atoms with van der Waals surface area (Å²) < 4.78 is 0. The maximum atomic E-state index is 13.9. The molecule has 1 heterocycles. The van der Waals surface area contributed by atoms with Gasteiger partial charge in [-0.1, -0.05) is 64.1 Å². The van der Waals surface area contributed by atoms with Crippen molar-refractivity contribution in [2.45, 2.75) is 117 Å². The highest BCUT2D eigenvalue weighted by molar-refractivity contribution is 6.30. The number of anilines is 1. The lowest BCUT2D eigenvalue weighted by molar-refractivity contribution is -0.141. The molecule has 0 radical (unpaired) electrons. The van der Waals surface area contributed by atoms with Crippen molar-refractivity contribution in [3.05, 3.63) is 64.7 Å². The second-order valence-corrected chi connectivity index (χ2v) is 17.1. The van der Waals surface area contributed by atoms with Crippen molar-refractivity contribution in [1.82, 2.24) is 36.8 Å². The van der Waals surface area contributed by atoms with Crippen LogP contribution in [-0.2, 0) is 33.6 Å². The number of carbonyl (C=O) groups is 9. The molecule has 7 amide bonds. The third kappa shape index (κ3) is 13.4. The molecule has 6 atom stereocenters. The Bertz CT molecular complexity index is 2050. The predicted octanol–water partition coefficient (Wildman–Crippen LogP) is 0.906. The highest BCUT2D eigenvalue weighted by Crippen LogP contribution is 2.32. The molecular formula is C45H63N9O9. The van der Waals surface area contributed by atoms with E-state index in [9.17, 15) is 43.2 Å². The number of ketones is 2. The summed E-state index contributed by atoms with van der Waals surface area (Å²) >= 11 is 0. The molecule has 2 aromatic carbocycles. The normalized spacial score (nSPS) is 16.7. The monoisotopic (exact) mass is 873 g/mol. The number of nitrogens with zero attached hydrogens (tertiary/aromatic N) is 1. The zero-order chi connectivity index (χ0) is 46.5. The van der Waals surface area contributed by atoms with E-state index in [2.05, 4.69) is 37.2 Å². The minimum absolute atomic E-state index is 0.00815. The van der Waals surface area contributed by atoms with Gasteiger partial charge in [-0.05, 0) is 70.8 Å². The number of hydrogen-bond acceptors (Lipinski definition) is 11. The molecule has 0 spiro atoms. The van der Waals surface area contributed by atoms with Crippen LogP contribution >= 0.6 is 0 Å². The lowest BCUT2D eigenvalue weighted by Gasteiger charge is -2.29. The fraction of sp³-hybridized carbons (Fsp3) is 0.533. The van der Waals surface area contributed by atoms with Crippen LogP contribution in [0.5, 0.6) is 0 Å². The Morgan fingerprint density at radius 2 is 1.25 bits per heavy atom. The van der Waals surface area contributed by atoms with E-state index in [-0.39, 0.29) is 48.7 Å². The van der Waals surface area contributed by atoms with Gasteiger partial charge < -0.3 is 47.9 Å². The fourth-order valence-electron chi connectivity index (χ4n) is 7.48. The Labute approximate surface area is 368 Å². The molecular weight excluding hydrogens is 811 g/mol. The minimum Gasteiger partial charge on any atom is -0.384 e. The third-order valence-corrected chi connectivity index (χ3v) is 10.8. The van der Waals surface area contributed by atoms with Gasteiger partial charge in [0.1, 0.15) is 30.2 Å². The lowest BCUT2D eigenvalue weighted by Crippen LogP contribution is -2.57. The number of nitrogens with one attached hydrogen (secondary N) is 7. The SMILES string of the molecule is CC(C)C[C@H](NC(=O)[C@H](C)NC(=O)[C@H](C)NC(=O)[C@@H](C)N)C(=O)NCC(=O)N[C@@H](CC(C)C)C(=O)N1CCC[C@@H]1C(=O)NCCCNc1cccc2c1C(=O)c1ccccc1C2=O. The van der Waals surface area contributed by atoms with E-state index in [0.29, 0.717) is 60.3 Å². The van der Waals surface area contributed by atoms with Gasteiger partial charge in [0.05, 0.1) is 18.2 Å². The van der Waals surface area contributed by atoms with Gasteiger partial charge in [-0.3, -0.25) is 43.2 Å². The summed E-state index contributed by atoms with van der Waals surface area (Å²) in [5.74, 6) is -4.33. The van der Waals surface area contributed by atoms with Crippen molar-refractivity contribution >= 4 is 58.6 Å². The van der Waals surface area contributed by atoms with Crippen LogP contribution in [0.3, 0.4) is 0 Å². The number of hydrogen-bond donors (Lipinski definition) is 8. The van der Waals surface area contributed by atoms with E-state index >= 15 is 0 Å². The van der Waals surface area contributed by atoms with Gasteiger partial charge in [0.2, 0.25) is 41.4 Å². The molecule has 18 heteroatoms. The van der Waals surface area contributed by atoms with Gasteiger partial charge >= 0.3 is 0 Å². The molecule has 1 fully saturated rings. The summed E-state index contributed by atoms with van der Waals surface area (Å²) in [5.41, 5.74) is 7.47. The Morgan fingerprint density at radius 3 is 1.89 bits per heavy atom. The zero-order valence-corrected chi connectivity index (χ0v) is 37.2. The second kappa shape index (κ2) is 22.8. The topological polar surface area (TPSA) is 267 Å².